The van der Waals surface area contributed by atoms with Gasteiger partial charge in [0.15, 0.2) is 0 Å². The lowest BCUT2D eigenvalue weighted by molar-refractivity contribution is -0.123. The number of rotatable bonds is 4. The van der Waals surface area contributed by atoms with Crippen LogP contribution in [0.15, 0.2) is 0 Å². The van der Waals surface area contributed by atoms with Gasteiger partial charge in [-0.15, -0.1) is 0 Å². The fourth-order valence-corrected chi connectivity index (χ4v) is 4.97. The number of nitrogens with two attached hydrogens (primary N) is 1. The van der Waals surface area contributed by atoms with Crippen LogP contribution in [0.25, 0.3) is 0 Å². The van der Waals surface area contributed by atoms with Gasteiger partial charge in [0.05, 0.1) is 6.07 Å². The molecule has 6 heteroatoms. The molecule has 2 aliphatic heterocycles. The molecule has 3 N–H and O–H groups in total. The number of hydrogen-bond donors (Lipinski definition) is 2. The van der Waals surface area contributed by atoms with Crippen molar-refractivity contribution in [2.45, 2.75) is 88.3 Å². The Bertz CT molecular complexity index is 522. The van der Waals surface area contributed by atoms with Crippen molar-refractivity contribution in [3.05, 3.63) is 0 Å². The van der Waals surface area contributed by atoms with E-state index in [9.17, 15) is 14.9 Å². The molecule has 3 rings (SSSR count). The lowest BCUT2D eigenvalue weighted by atomic mass is 9.83. The Morgan fingerprint density at radius 2 is 1.75 bits per heavy atom. The summed E-state index contributed by atoms with van der Waals surface area (Å²) in [5, 5.41) is 12.7. The summed E-state index contributed by atoms with van der Waals surface area (Å²) in [5.41, 5.74) is 4.63. The molecule has 3 fully saturated rings. The van der Waals surface area contributed by atoms with Crippen LogP contribution in [0, 0.1) is 17.2 Å². The number of nitrogens with one attached hydrogen (secondary N) is 1. The van der Waals surface area contributed by atoms with Gasteiger partial charge in [0.25, 0.3) is 0 Å². The van der Waals surface area contributed by atoms with E-state index >= 15 is 0 Å². The van der Waals surface area contributed by atoms with Crippen LogP contribution in [0.1, 0.15) is 70.6 Å². The van der Waals surface area contributed by atoms with E-state index < -0.39 is 11.6 Å². The van der Waals surface area contributed by atoms with Gasteiger partial charge in [0.1, 0.15) is 5.54 Å². The maximum atomic E-state index is 12.4. The monoisotopic (exact) mass is 332 g/mol. The Morgan fingerprint density at radius 1 is 1.12 bits per heavy atom. The maximum absolute atomic E-state index is 12.4. The van der Waals surface area contributed by atoms with E-state index in [1.807, 2.05) is 0 Å². The minimum Gasteiger partial charge on any atom is -0.351 e. The largest absolute Gasteiger partial charge is 0.351 e. The molecule has 1 saturated carbocycles. The highest BCUT2D eigenvalue weighted by molar-refractivity contribution is 5.78. The number of nitriles is 1. The predicted molar refractivity (Wildman–Crippen MR) is 89.8 cm³/mol. The SMILES string of the molecule is N#CC1(NC(=O)CCC2CCCCC2)CC2CCC(C1)N2C(N)=O. The van der Waals surface area contributed by atoms with Crippen LogP contribution in [0.5, 0.6) is 0 Å². The summed E-state index contributed by atoms with van der Waals surface area (Å²) in [6.07, 6.45) is 10.5. The number of carbonyl (C=O) groups is 2. The lowest BCUT2D eigenvalue weighted by Gasteiger charge is -2.42. The number of carbonyl (C=O) groups excluding carboxylic acids is 2. The number of piperidine rings is 1. The summed E-state index contributed by atoms with van der Waals surface area (Å²) in [5.74, 6) is 0.643. The average molecular weight is 332 g/mol. The zero-order chi connectivity index (χ0) is 17.2. The van der Waals surface area contributed by atoms with Crippen molar-refractivity contribution in [2.24, 2.45) is 11.7 Å². The van der Waals surface area contributed by atoms with E-state index in [0.29, 0.717) is 25.2 Å². The summed E-state index contributed by atoms with van der Waals surface area (Å²) in [6.45, 7) is 0. The van der Waals surface area contributed by atoms with E-state index in [1.165, 1.54) is 32.1 Å². The molecule has 6 nitrogen and oxygen atoms in total. The first-order valence-corrected chi connectivity index (χ1v) is 9.33. The summed E-state index contributed by atoms with van der Waals surface area (Å²) >= 11 is 0. The van der Waals surface area contributed by atoms with Gasteiger partial charge in [-0.05, 0) is 25.2 Å². The number of hydrogen-bond acceptors (Lipinski definition) is 3. The van der Waals surface area contributed by atoms with Gasteiger partial charge in [0, 0.05) is 31.3 Å². The van der Waals surface area contributed by atoms with Gasteiger partial charge in [-0.3, -0.25) is 4.79 Å². The summed E-state index contributed by atoms with van der Waals surface area (Å²) in [4.78, 5) is 25.7. The second-order valence-corrected chi connectivity index (χ2v) is 7.82. The zero-order valence-corrected chi connectivity index (χ0v) is 14.3. The molecule has 24 heavy (non-hydrogen) atoms. The van der Waals surface area contributed by atoms with Gasteiger partial charge in [-0.2, -0.15) is 5.26 Å². The molecule has 0 radical (unpaired) electrons. The highest BCUT2D eigenvalue weighted by atomic mass is 16.2. The molecule has 1 aliphatic carbocycles. The summed E-state index contributed by atoms with van der Waals surface area (Å²) in [7, 11) is 0. The molecule has 3 aliphatic rings. The Morgan fingerprint density at radius 3 is 2.29 bits per heavy atom. The molecule has 132 valence electrons. The molecule has 2 heterocycles. The van der Waals surface area contributed by atoms with Crippen LogP contribution >= 0.6 is 0 Å². The molecule has 0 aromatic rings. The van der Waals surface area contributed by atoms with E-state index in [4.69, 9.17) is 5.73 Å². The van der Waals surface area contributed by atoms with Crippen molar-refractivity contribution < 1.29 is 9.59 Å². The summed E-state index contributed by atoms with van der Waals surface area (Å²) < 4.78 is 0. The Labute approximate surface area is 143 Å². The fraction of sp³-hybridized carbons (Fsp3) is 0.833. The molecular formula is C18H28N4O2. The van der Waals surface area contributed by atoms with Crippen molar-refractivity contribution in [2.75, 3.05) is 0 Å². The van der Waals surface area contributed by atoms with Crippen LogP contribution < -0.4 is 11.1 Å². The van der Waals surface area contributed by atoms with E-state index in [1.54, 1.807) is 4.90 Å². The van der Waals surface area contributed by atoms with Gasteiger partial charge in [-0.1, -0.05) is 32.1 Å². The second kappa shape index (κ2) is 7.00. The zero-order valence-electron chi connectivity index (χ0n) is 14.3. The minimum absolute atomic E-state index is 0.0143. The lowest BCUT2D eigenvalue weighted by Crippen LogP contribution is -2.60. The first kappa shape index (κ1) is 17.1. The van der Waals surface area contributed by atoms with Crippen molar-refractivity contribution in [3.8, 4) is 6.07 Å². The van der Waals surface area contributed by atoms with Crippen molar-refractivity contribution >= 4 is 11.9 Å². The molecule has 0 aromatic carbocycles. The third-order valence-electron chi connectivity index (χ3n) is 6.14. The Kier molecular flexibility index (Phi) is 4.98. The van der Waals surface area contributed by atoms with Crippen molar-refractivity contribution in [3.63, 3.8) is 0 Å². The van der Waals surface area contributed by atoms with Crippen molar-refractivity contribution in [1.82, 2.24) is 10.2 Å². The van der Waals surface area contributed by atoms with Crippen molar-refractivity contribution in [1.29, 1.82) is 5.26 Å². The van der Waals surface area contributed by atoms with E-state index in [0.717, 1.165) is 19.3 Å². The van der Waals surface area contributed by atoms with Crippen LogP contribution in [0.2, 0.25) is 0 Å². The smallest absolute Gasteiger partial charge is 0.315 e. The van der Waals surface area contributed by atoms with E-state index in [-0.39, 0.29) is 18.0 Å². The van der Waals surface area contributed by atoms with Crippen LogP contribution in [-0.4, -0.2) is 34.5 Å². The average Bonchev–Trinajstić information content (AvgIpc) is 2.86. The Hall–Kier alpha value is -1.77. The third-order valence-corrected chi connectivity index (χ3v) is 6.14. The highest BCUT2D eigenvalue weighted by Gasteiger charge is 2.50. The number of nitrogens with zero attached hydrogens (tertiary/aromatic N) is 2. The van der Waals surface area contributed by atoms with Gasteiger partial charge >= 0.3 is 6.03 Å². The number of primary amides is 1. The molecule has 3 amide bonds. The molecule has 2 bridgehead atoms. The Balaban J connectivity index is 1.56. The predicted octanol–water partition coefficient (Wildman–Crippen LogP) is 2.43. The molecule has 2 saturated heterocycles. The normalized spacial score (nSPS) is 33.0. The van der Waals surface area contributed by atoms with Crippen LogP contribution in [0.3, 0.4) is 0 Å². The minimum atomic E-state index is -0.832. The molecule has 2 unspecified atom stereocenters. The quantitative estimate of drug-likeness (QED) is 0.827. The molecule has 0 spiro atoms. The first-order chi connectivity index (χ1) is 11.5. The van der Waals surface area contributed by atoms with E-state index in [2.05, 4.69) is 11.4 Å². The second-order valence-electron chi connectivity index (χ2n) is 7.82. The first-order valence-electron chi connectivity index (χ1n) is 9.33. The standard InChI is InChI=1S/C18H28N4O2/c19-12-18(10-14-7-8-15(11-18)22(14)17(20)24)21-16(23)9-6-13-4-2-1-3-5-13/h13-15H,1-11H2,(H2,20,24)(H,21,23). The van der Waals surface area contributed by atoms with Crippen LogP contribution in [-0.2, 0) is 4.79 Å². The van der Waals surface area contributed by atoms with Crippen LogP contribution in [0.4, 0.5) is 4.79 Å². The summed E-state index contributed by atoms with van der Waals surface area (Å²) in [6, 6.07) is 1.90. The third kappa shape index (κ3) is 3.50. The van der Waals surface area contributed by atoms with Gasteiger partial charge in [0.2, 0.25) is 5.91 Å². The molecule has 0 aromatic heterocycles. The topological polar surface area (TPSA) is 99.2 Å². The highest BCUT2D eigenvalue weighted by Crippen LogP contribution is 2.40. The van der Waals surface area contributed by atoms with Gasteiger partial charge < -0.3 is 16.0 Å². The maximum Gasteiger partial charge on any atom is 0.315 e. The number of amides is 3. The molecule has 2 atom stereocenters. The van der Waals surface area contributed by atoms with Gasteiger partial charge in [-0.25, -0.2) is 4.79 Å². The fourth-order valence-electron chi connectivity index (χ4n) is 4.97. The number of urea groups is 1. The molecular weight excluding hydrogens is 304 g/mol. The number of fused-ring (bicyclic) bond motifs is 2.